The Bertz CT molecular complexity index is 565. The maximum atomic E-state index is 12.6. The normalized spacial score (nSPS) is 13.7. The van der Waals surface area contributed by atoms with Crippen LogP contribution in [-0.4, -0.2) is 66.6 Å². The minimum absolute atomic E-state index is 0.451. The van der Waals surface area contributed by atoms with E-state index in [-0.39, 0.29) is 0 Å². The van der Waals surface area contributed by atoms with E-state index in [0.717, 1.165) is 14.2 Å². The number of carbonyl (C=O) groups is 4. The van der Waals surface area contributed by atoms with Gasteiger partial charge in [0, 0.05) is 0 Å². The SMILES string of the molecule is COC(=O)[C@@H](N)[C@@H](C(=O)OC)N(NC(=O)OC(C)(C)C)C(=O)OC(C)(C)C. The molecule has 0 fully saturated rings. The lowest BCUT2D eigenvalue weighted by atomic mass is 10.1. The van der Waals surface area contributed by atoms with Crippen LogP contribution in [0.1, 0.15) is 41.5 Å². The van der Waals surface area contributed by atoms with Crippen LogP contribution in [0.15, 0.2) is 0 Å². The van der Waals surface area contributed by atoms with E-state index in [2.05, 4.69) is 14.9 Å². The van der Waals surface area contributed by atoms with E-state index < -0.39 is 47.4 Å². The summed E-state index contributed by atoms with van der Waals surface area (Å²) in [5.74, 6) is -2.08. The van der Waals surface area contributed by atoms with Gasteiger partial charge < -0.3 is 24.7 Å². The fraction of sp³-hybridized carbons (Fsp3) is 0.750. The first-order valence-electron chi connectivity index (χ1n) is 8.06. The van der Waals surface area contributed by atoms with Gasteiger partial charge in [0.25, 0.3) is 0 Å². The molecule has 0 bridgehead atoms. The van der Waals surface area contributed by atoms with Gasteiger partial charge in [-0.05, 0) is 41.5 Å². The molecule has 0 saturated heterocycles. The highest BCUT2D eigenvalue weighted by molar-refractivity contribution is 5.90. The Labute approximate surface area is 158 Å². The molecule has 0 aliphatic rings. The van der Waals surface area contributed by atoms with Gasteiger partial charge in [0.15, 0.2) is 6.04 Å². The number of rotatable bonds is 4. The van der Waals surface area contributed by atoms with Crippen LogP contribution < -0.4 is 11.2 Å². The van der Waals surface area contributed by atoms with E-state index in [1.54, 1.807) is 41.5 Å². The number of carbonyl (C=O) groups excluding carboxylic acids is 4. The average molecular weight is 391 g/mol. The first-order chi connectivity index (χ1) is 12.1. The second kappa shape index (κ2) is 9.40. The summed E-state index contributed by atoms with van der Waals surface area (Å²) in [4.78, 5) is 48.7. The van der Waals surface area contributed by atoms with E-state index in [4.69, 9.17) is 15.2 Å². The molecule has 0 heterocycles. The van der Waals surface area contributed by atoms with Gasteiger partial charge in [-0.3, -0.25) is 4.79 Å². The van der Waals surface area contributed by atoms with Crippen molar-refractivity contribution in [3.63, 3.8) is 0 Å². The van der Waals surface area contributed by atoms with E-state index in [9.17, 15) is 19.2 Å². The van der Waals surface area contributed by atoms with E-state index in [1.165, 1.54) is 0 Å². The molecule has 0 unspecified atom stereocenters. The maximum Gasteiger partial charge on any atom is 0.430 e. The van der Waals surface area contributed by atoms with Crippen LogP contribution >= 0.6 is 0 Å². The second-order valence-electron chi connectivity index (χ2n) is 7.48. The number of hydrazine groups is 1. The Morgan fingerprint density at radius 1 is 0.852 bits per heavy atom. The van der Waals surface area contributed by atoms with Crippen LogP contribution in [0.3, 0.4) is 0 Å². The van der Waals surface area contributed by atoms with Crippen LogP contribution in [0, 0.1) is 0 Å². The molecule has 0 aromatic rings. The number of ether oxygens (including phenoxy) is 4. The average Bonchev–Trinajstić information content (AvgIpc) is 2.49. The lowest BCUT2D eigenvalue weighted by Gasteiger charge is -2.34. The number of nitrogens with two attached hydrogens (primary N) is 1. The lowest BCUT2D eigenvalue weighted by Crippen LogP contribution is -2.64. The monoisotopic (exact) mass is 391 g/mol. The molecule has 0 rings (SSSR count). The number of nitrogens with one attached hydrogen (secondary N) is 1. The van der Waals surface area contributed by atoms with Crippen molar-refractivity contribution < 1.29 is 38.1 Å². The van der Waals surface area contributed by atoms with Crippen molar-refractivity contribution in [1.29, 1.82) is 0 Å². The molecule has 0 saturated carbocycles. The third-order valence-corrected chi connectivity index (χ3v) is 2.74. The Hall–Kier alpha value is -2.56. The minimum Gasteiger partial charge on any atom is -0.468 e. The van der Waals surface area contributed by atoms with Gasteiger partial charge in [-0.25, -0.2) is 19.8 Å². The topological polar surface area (TPSA) is 146 Å². The van der Waals surface area contributed by atoms with E-state index in [0.29, 0.717) is 5.01 Å². The summed E-state index contributed by atoms with van der Waals surface area (Å²) in [6.07, 6.45) is -2.22. The molecule has 0 aliphatic heterocycles. The molecule has 0 spiro atoms. The van der Waals surface area contributed by atoms with Crippen molar-refractivity contribution in [2.45, 2.75) is 64.8 Å². The van der Waals surface area contributed by atoms with E-state index in [1.807, 2.05) is 0 Å². The Morgan fingerprint density at radius 3 is 1.67 bits per heavy atom. The van der Waals surface area contributed by atoms with Crippen LogP contribution in [0.5, 0.6) is 0 Å². The van der Waals surface area contributed by atoms with Gasteiger partial charge in [0.1, 0.15) is 17.2 Å². The number of esters is 2. The predicted octanol–water partition coefficient (Wildman–Crippen LogP) is 0.705. The van der Waals surface area contributed by atoms with Crippen LogP contribution in [0.25, 0.3) is 0 Å². The summed E-state index contributed by atoms with van der Waals surface area (Å²) in [5, 5.41) is 0.451. The summed E-state index contributed by atoms with van der Waals surface area (Å²) in [6, 6.07) is -3.42. The molecule has 0 aromatic carbocycles. The fourth-order valence-electron chi connectivity index (χ4n) is 1.74. The molecule has 0 aromatic heterocycles. The number of nitrogens with zero attached hydrogens (tertiary/aromatic N) is 1. The molecule has 2 amide bonds. The highest BCUT2D eigenvalue weighted by Crippen LogP contribution is 2.15. The molecule has 3 N–H and O–H groups in total. The zero-order chi connectivity index (χ0) is 21.6. The van der Waals surface area contributed by atoms with Gasteiger partial charge in [-0.15, -0.1) is 0 Å². The predicted molar refractivity (Wildman–Crippen MR) is 93.2 cm³/mol. The van der Waals surface area contributed by atoms with Crippen molar-refractivity contribution in [1.82, 2.24) is 10.4 Å². The van der Waals surface area contributed by atoms with Crippen LogP contribution in [0.4, 0.5) is 9.59 Å². The quantitative estimate of drug-likeness (QED) is 0.401. The Morgan fingerprint density at radius 2 is 1.30 bits per heavy atom. The first kappa shape index (κ1) is 24.4. The van der Waals surface area contributed by atoms with Crippen molar-refractivity contribution in [3.8, 4) is 0 Å². The molecular formula is C16H29N3O8. The van der Waals surface area contributed by atoms with Gasteiger partial charge >= 0.3 is 24.1 Å². The molecule has 27 heavy (non-hydrogen) atoms. The molecule has 2 atom stereocenters. The molecule has 156 valence electrons. The molecule has 0 aliphatic carbocycles. The number of methoxy groups -OCH3 is 2. The minimum atomic E-state index is -1.76. The molecule has 11 nitrogen and oxygen atoms in total. The standard InChI is InChI=1S/C16H29N3O8/c1-15(2,3)26-13(22)18-19(14(23)27-16(4,5)6)10(12(21)25-8)9(17)11(20)24-7/h9-10H,17H2,1-8H3,(H,18,22)/t9-,10-/m0/s1. The van der Waals surface area contributed by atoms with E-state index >= 15 is 0 Å². The molecular weight excluding hydrogens is 362 g/mol. The Balaban J connectivity index is 5.92. The van der Waals surface area contributed by atoms with Gasteiger partial charge in [0.05, 0.1) is 14.2 Å². The second-order valence-corrected chi connectivity index (χ2v) is 7.48. The first-order valence-corrected chi connectivity index (χ1v) is 8.06. The van der Waals surface area contributed by atoms with Crippen LogP contribution in [-0.2, 0) is 28.5 Å². The van der Waals surface area contributed by atoms with Crippen molar-refractivity contribution >= 4 is 24.1 Å². The van der Waals surface area contributed by atoms with Gasteiger partial charge in [-0.1, -0.05) is 0 Å². The van der Waals surface area contributed by atoms with Crippen molar-refractivity contribution in [2.24, 2.45) is 5.73 Å². The maximum absolute atomic E-state index is 12.6. The molecule has 11 heteroatoms. The van der Waals surface area contributed by atoms with Crippen molar-refractivity contribution in [2.75, 3.05) is 14.2 Å². The van der Waals surface area contributed by atoms with Crippen LogP contribution in [0.2, 0.25) is 0 Å². The summed E-state index contributed by atoms with van der Waals surface area (Å²) in [6.45, 7) is 9.52. The zero-order valence-electron chi connectivity index (χ0n) is 16.9. The third-order valence-electron chi connectivity index (χ3n) is 2.74. The van der Waals surface area contributed by atoms with Gasteiger partial charge in [0.2, 0.25) is 0 Å². The molecule has 0 radical (unpaired) electrons. The fourth-order valence-corrected chi connectivity index (χ4v) is 1.74. The Kier molecular flexibility index (Phi) is 8.51. The number of hydrogen-bond acceptors (Lipinski definition) is 9. The summed E-state index contributed by atoms with van der Waals surface area (Å²) in [7, 11) is 2.08. The number of amides is 2. The highest BCUT2D eigenvalue weighted by Gasteiger charge is 2.43. The third kappa shape index (κ3) is 8.58. The summed E-state index contributed by atoms with van der Waals surface area (Å²) in [5.41, 5.74) is 5.95. The smallest absolute Gasteiger partial charge is 0.430 e. The number of hydrogen-bond donors (Lipinski definition) is 2. The largest absolute Gasteiger partial charge is 0.468 e. The van der Waals surface area contributed by atoms with Gasteiger partial charge in [-0.2, -0.15) is 5.01 Å². The summed E-state index contributed by atoms with van der Waals surface area (Å²) >= 11 is 0. The van der Waals surface area contributed by atoms with Crippen molar-refractivity contribution in [3.05, 3.63) is 0 Å². The lowest BCUT2D eigenvalue weighted by molar-refractivity contribution is -0.156. The highest BCUT2D eigenvalue weighted by atomic mass is 16.6. The zero-order valence-corrected chi connectivity index (χ0v) is 16.9. The summed E-state index contributed by atoms with van der Waals surface area (Å²) < 4.78 is 19.4.